The van der Waals surface area contributed by atoms with Gasteiger partial charge >= 0.3 is 11.9 Å². The number of hydrogen-bond donors (Lipinski definition) is 2. The van der Waals surface area contributed by atoms with Gasteiger partial charge in [-0.15, -0.1) is 11.8 Å². The normalized spacial score (nSPS) is 13.2. The van der Waals surface area contributed by atoms with Crippen LogP contribution in [0.2, 0.25) is 0 Å². The minimum absolute atomic E-state index is 0.0308. The lowest BCUT2D eigenvalue weighted by molar-refractivity contribution is -0.140. The third-order valence-corrected chi connectivity index (χ3v) is 8.76. The first kappa shape index (κ1) is 38.7. The molecule has 0 aliphatic heterocycles. The number of carbonyl (C=O) groups excluding carboxylic acids is 2. The zero-order chi connectivity index (χ0) is 32.6. The van der Waals surface area contributed by atoms with Crippen molar-refractivity contribution in [2.24, 2.45) is 5.92 Å². The number of rotatable bonds is 22. The molecule has 7 heteroatoms. The van der Waals surface area contributed by atoms with Gasteiger partial charge in [0, 0.05) is 0 Å². The Hall–Kier alpha value is -3.32. The molecule has 0 saturated carbocycles. The van der Waals surface area contributed by atoms with Gasteiger partial charge in [0.15, 0.2) is 0 Å². The summed E-state index contributed by atoms with van der Waals surface area (Å²) in [5, 5.41) is 12.4. The molecule has 1 atom stereocenters. The molecule has 0 bridgehead atoms. The third-order valence-electron chi connectivity index (χ3n) is 7.00. The number of aromatic carboxylic acids is 1. The summed E-state index contributed by atoms with van der Waals surface area (Å²) < 4.78 is 4.81. The maximum atomic E-state index is 13.6. The van der Waals surface area contributed by atoms with Crippen molar-refractivity contribution >= 4 is 29.6 Å². The van der Waals surface area contributed by atoms with Crippen LogP contribution < -0.4 is 10.1 Å². The summed E-state index contributed by atoms with van der Waals surface area (Å²) in [6.07, 6.45) is 29.1. The van der Waals surface area contributed by atoms with E-state index in [1.807, 2.05) is 27.7 Å². The van der Waals surface area contributed by atoms with E-state index in [0.717, 1.165) is 44.3 Å². The number of carboxylic acids is 1. The summed E-state index contributed by atoms with van der Waals surface area (Å²) >= 11 is 1.62. The van der Waals surface area contributed by atoms with Gasteiger partial charge in [0.2, 0.25) is 5.91 Å². The SMILES string of the molecule is CC/C=C\C/C=C\C/C=C\C/C=C\C/C=C\CCSC(CC)(CC)C(=O)NC(CC(C)C)C(=O)Oc1ccccc1C(=O)O. The molecule has 0 saturated heterocycles. The fourth-order valence-corrected chi connectivity index (χ4v) is 5.66. The van der Waals surface area contributed by atoms with Gasteiger partial charge in [-0.05, 0) is 81.6 Å². The van der Waals surface area contributed by atoms with Crippen LogP contribution in [0.15, 0.2) is 85.0 Å². The van der Waals surface area contributed by atoms with Gasteiger partial charge in [-0.2, -0.15) is 0 Å². The second kappa shape index (κ2) is 23.1. The van der Waals surface area contributed by atoms with E-state index in [2.05, 4.69) is 73.0 Å². The average Bonchev–Trinajstić information content (AvgIpc) is 3.00. The Morgan fingerprint density at radius 2 is 1.36 bits per heavy atom. The zero-order valence-electron chi connectivity index (χ0n) is 27.3. The Morgan fingerprint density at radius 1 is 0.841 bits per heavy atom. The van der Waals surface area contributed by atoms with Crippen LogP contribution in [0, 0.1) is 5.92 Å². The van der Waals surface area contributed by atoms with Crippen molar-refractivity contribution in [3.63, 3.8) is 0 Å². The van der Waals surface area contributed by atoms with Crippen LogP contribution in [-0.4, -0.2) is 39.5 Å². The van der Waals surface area contributed by atoms with Crippen molar-refractivity contribution in [2.45, 2.75) is 103 Å². The summed E-state index contributed by atoms with van der Waals surface area (Å²) in [6, 6.07) is 5.13. The van der Waals surface area contributed by atoms with E-state index in [1.54, 1.807) is 23.9 Å². The number of thioether (sulfide) groups is 1. The molecule has 1 unspecified atom stereocenters. The molecule has 1 aromatic rings. The summed E-state index contributed by atoms with van der Waals surface area (Å²) in [6.45, 7) is 10.0. The third kappa shape index (κ3) is 15.4. The quantitative estimate of drug-likeness (QED) is 0.0579. The first-order chi connectivity index (χ1) is 21.2. The summed E-state index contributed by atoms with van der Waals surface area (Å²) in [5.74, 6) is -1.17. The average molecular weight is 624 g/mol. The number of nitrogens with one attached hydrogen (secondary N) is 1. The van der Waals surface area contributed by atoms with E-state index in [1.165, 1.54) is 12.1 Å². The first-order valence-corrected chi connectivity index (χ1v) is 16.9. The van der Waals surface area contributed by atoms with Crippen molar-refractivity contribution in [3.05, 3.63) is 90.6 Å². The zero-order valence-corrected chi connectivity index (χ0v) is 28.1. The molecule has 2 N–H and O–H groups in total. The van der Waals surface area contributed by atoms with Crippen molar-refractivity contribution in [3.8, 4) is 5.75 Å². The molecule has 0 radical (unpaired) electrons. The van der Waals surface area contributed by atoms with Crippen LogP contribution in [0.25, 0.3) is 0 Å². The fourth-order valence-electron chi connectivity index (χ4n) is 4.42. The van der Waals surface area contributed by atoms with Gasteiger partial charge in [-0.1, -0.05) is 108 Å². The van der Waals surface area contributed by atoms with Crippen LogP contribution in [0.5, 0.6) is 5.75 Å². The van der Waals surface area contributed by atoms with Crippen LogP contribution in [0.3, 0.4) is 0 Å². The number of carboxylic acid groups (broad SMARTS) is 1. The molecule has 1 aromatic carbocycles. The van der Waals surface area contributed by atoms with Crippen LogP contribution in [0.4, 0.5) is 0 Å². The molecule has 242 valence electrons. The molecular weight excluding hydrogens is 570 g/mol. The highest BCUT2D eigenvalue weighted by Gasteiger charge is 2.38. The summed E-state index contributed by atoms with van der Waals surface area (Å²) in [7, 11) is 0. The van der Waals surface area contributed by atoms with E-state index in [9.17, 15) is 19.5 Å². The first-order valence-electron chi connectivity index (χ1n) is 15.9. The lowest BCUT2D eigenvalue weighted by Crippen LogP contribution is -2.52. The van der Waals surface area contributed by atoms with E-state index in [-0.39, 0.29) is 23.1 Å². The van der Waals surface area contributed by atoms with Gasteiger partial charge in [-0.25, -0.2) is 9.59 Å². The van der Waals surface area contributed by atoms with Crippen molar-refractivity contribution in [1.29, 1.82) is 0 Å². The lowest BCUT2D eigenvalue weighted by Gasteiger charge is -2.32. The highest BCUT2D eigenvalue weighted by atomic mass is 32.2. The van der Waals surface area contributed by atoms with Crippen molar-refractivity contribution in [2.75, 3.05) is 5.75 Å². The molecule has 6 nitrogen and oxygen atoms in total. The number of para-hydroxylation sites is 1. The monoisotopic (exact) mass is 623 g/mol. The van der Waals surface area contributed by atoms with Gasteiger partial charge in [0.25, 0.3) is 0 Å². The van der Waals surface area contributed by atoms with Gasteiger partial charge in [-0.3, -0.25) is 4.79 Å². The maximum Gasteiger partial charge on any atom is 0.339 e. The number of hydrogen-bond acceptors (Lipinski definition) is 5. The number of allylic oxidation sites excluding steroid dienone is 10. The molecule has 0 fully saturated rings. The maximum absolute atomic E-state index is 13.6. The smallest absolute Gasteiger partial charge is 0.339 e. The van der Waals surface area contributed by atoms with Crippen LogP contribution in [0.1, 0.15) is 103 Å². The summed E-state index contributed by atoms with van der Waals surface area (Å²) in [4.78, 5) is 38.3. The van der Waals surface area contributed by atoms with Crippen molar-refractivity contribution < 1.29 is 24.2 Å². The van der Waals surface area contributed by atoms with E-state index < -0.39 is 22.7 Å². The minimum Gasteiger partial charge on any atom is -0.478 e. The number of esters is 1. The predicted molar refractivity (Wildman–Crippen MR) is 185 cm³/mol. The predicted octanol–water partition coefficient (Wildman–Crippen LogP) is 9.25. The summed E-state index contributed by atoms with van der Waals surface area (Å²) in [5.41, 5.74) is -0.0995. The molecule has 0 spiro atoms. The molecule has 1 amide bonds. The Bertz CT molecular complexity index is 1140. The molecule has 0 heterocycles. The Morgan fingerprint density at radius 3 is 1.86 bits per heavy atom. The Labute approximate surface area is 269 Å². The van der Waals surface area contributed by atoms with E-state index in [0.29, 0.717) is 19.3 Å². The van der Waals surface area contributed by atoms with Crippen LogP contribution in [-0.2, 0) is 9.59 Å². The highest BCUT2D eigenvalue weighted by molar-refractivity contribution is 8.01. The minimum atomic E-state index is -1.18. The highest BCUT2D eigenvalue weighted by Crippen LogP contribution is 2.34. The Kier molecular flexibility index (Phi) is 20.3. The van der Waals surface area contributed by atoms with Gasteiger partial charge in [0.1, 0.15) is 17.4 Å². The lowest BCUT2D eigenvalue weighted by atomic mass is 9.98. The largest absolute Gasteiger partial charge is 0.478 e. The van der Waals surface area contributed by atoms with Gasteiger partial charge in [0.05, 0.1) is 4.75 Å². The second-order valence-electron chi connectivity index (χ2n) is 10.9. The van der Waals surface area contributed by atoms with Gasteiger partial charge < -0.3 is 15.2 Å². The number of amides is 1. The van der Waals surface area contributed by atoms with Crippen molar-refractivity contribution in [1.82, 2.24) is 5.32 Å². The number of ether oxygens (including phenoxy) is 1. The van der Waals surface area contributed by atoms with Crippen LogP contribution >= 0.6 is 11.8 Å². The number of benzene rings is 1. The molecule has 44 heavy (non-hydrogen) atoms. The molecule has 1 rings (SSSR count). The fraction of sp³-hybridized carbons (Fsp3) is 0.486. The Balaban J connectivity index is 2.60. The van der Waals surface area contributed by atoms with E-state index >= 15 is 0 Å². The molecule has 0 aromatic heterocycles. The standard InChI is InChI=1S/C37H53NO5S/c1-6-9-10-11-12-13-14-15-16-17-18-19-20-21-22-25-28-44-37(7-2,8-3)36(42)38-32(29-30(4)5)35(41)43-33-27-24-23-26-31(33)34(39)40/h9-10,12-13,15-16,18-19,21-24,26-27,30,32H,6-8,11,14,17,20,25,28-29H2,1-5H3,(H,38,42)(H,39,40)/b10-9-,13-12-,16-15-,19-18-,22-21-. The topological polar surface area (TPSA) is 92.7 Å². The number of carbonyl (C=O) groups is 3. The molecule has 0 aliphatic rings. The second-order valence-corrected chi connectivity index (χ2v) is 12.4. The molecule has 0 aliphatic carbocycles. The van der Waals surface area contributed by atoms with E-state index in [4.69, 9.17) is 4.74 Å². The molecular formula is C37H53NO5S.